The van der Waals surface area contributed by atoms with Crippen LogP contribution in [0.2, 0.25) is 0 Å². The third-order valence-electron chi connectivity index (χ3n) is 6.72. The summed E-state index contributed by atoms with van der Waals surface area (Å²) in [6.07, 6.45) is -3.91. The number of nitrogens with one attached hydrogen (secondary N) is 3. The average molecular weight is 600 g/mol. The monoisotopic (exact) mass is 599 g/mol. The highest BCUT2D eigenvalue weighted by Gasteiger charge is 2.33. The first-order valence-corrected chi connectivity index (χ1v) is 13.0. The zero-order valence-electron chi connectivity index (χ0n) is 22.0. The molecule has 0 atom stereocenters. The van der Waals surface area contributed by atoms with Crippen molar-refractivity contribution in [1.82, 2.24) is 20.3 Å². The Morgan fingerprint density at radius 2 is 1.67 bits per heavy atom. The number of ether oxygens (including phenoxy) is 1. The molecule has 0 spiro atoms. The van der Waals surface area contributed by atoms with E-state index in [-0.39, 0.29) is 47.3 Å². The smallest absolute Gasteiger partial charge is 0.405 e. The third kappa shape index (κ3) is 8.89. The molecule has 1 aliphatic rings. The molecule has 0 radical (unpaired) electrons. The number of hydrogen-bond donors (Lipinski definition) is 3. The molecule has 0 aliphatic heterocycles. The van der Waals surface area contributed by atoms with Crippen molar-refractivity contribution in [3.63, 3.8) is 0 Å². The first-order valence-electron chi connectivity index (χ1n) is 13.0. The number of alkyl halides is 6. The molecule has 42 heavy (non-hydrogen) atoms. The van der Waals surface area contributed by atoms with Gasteiger partial charge in [0.1, 0.15) is 17.6 Å². The van der Waals surface area contributed by atoms with Crippen LogP contribution in [0.1, 0.15) is 42.5 Å². The number of benzene rings is 1. The van der Waals surface area contributed by atoms with E-state index in [1.54, 1.807) is 6.07 Å². The van der Waals surface area contributed by atoms with Gasteiger partial charge in [0.15, 0.2) is 0 Å². The summed E-state index contributed by atoms with van der Waals surface area (Å²) in [6.45, 7) is 0.659. The van der Waals surface area contributed by atoms with Crippen molar-refractivity contribution in [2.24, 2.45) is 5.92 Å². The van der Waals surface area contributed by atoms with Crippen LogP contribution in [-0.2, 0) is 19.3 Å². The molecule has 4 rings (SSSR count). The lowest BCUT2D eigenvalue weighted by molar-refractivity contribution is -0.384. The Morgan fingerprint density at radius 3 is 2.31 bits per heavy atom. The first-order chi connectivity index (χ1) is 19.9. The number of halogens is 6. The van der Waals surface area contributed by atoms with Crippen LogP contribution < -0.4 is 20.7 Å². The second-order valence-corrected chi connectivity index (χ2v) is 9.72. The van der Waals surface area contributed by atoms with Crippen molar-refractivity contribution < 1.29 is 36.0 Å². The van der Waals surface area contributed by atoms with Crippen LogP contribution in [-0.4, -0.2) is 38.8 Å². The molecule has 0 saturated heterocycles. The highest BCUT2D eigenvalue weighted by molar-refractivity contribution is 5.57. The number of nitro groups is 1. The molecule has 2 heterocycles. The van der Waals surface area contributed by atoms with Gasteiger partial charge < -0.3 is 20.7 Å². The molecule has 3 aromatic rings. The van der Waals surface area contributed by atoms with Crippen molar-refractivity contribution in [1.29, 1.82) is 0 Å². The second kappa shape index (κ2) is 13.2. The van der Waals surface area contributed by atoms with Crippen LogP contribution in [0.5, 0.6) is 5.75 Å². The predicted octanol–water partition coefficient (Wildman–Crippen LogP) is 6.07. The Kier molecular flexibility index (Phi) is 9.65. The fraction of sp³-hybridized carbons (Fsp3) is 0.423. The van der Waals surface area contributed by atoms with Crippen LogP contribution in [0.15, 0.2) is 48.8 Å². The number of nitrogens with zero attached hydrogens (tertiary/aromatic N) is 4. The van der Waals surface area contributed by atoms with Crippen molar-refractivity contribution >= 4 is 17.5 Å². The molecule has 1 aromatic carbocycles. The minimum absolute atomic E-state index is 0.0180. The third-order valence-corrected chi connectivity index (χ3v) is 6.72. The van der Waals surface area contributed by atoms with Gasteiger partial charge in [0, 0.05) is 37.4 Å². The molecule has 1 aliphatic carbocycles. The highest BCUT2D eigenvalue weighted by Crippen LogP contribution is 2.30. The molecule has 1 fully saturated rings. The number of para-hydroxylation sites is 1. The minimum Gasteiger partial charge on any atom is -0.405 e. The summed E-state index contributed by atoms with van der Waals surface area (Å²) in [7, 11) is 0. The summed E-state index contributed by atoms with van der Waals surface area (Å²) in [4.78, 5) is 22.4. The van der Waals surface area contributed by atoms with Gasteiger partial charge in [0.2, 0.25) is 11.8 Å². The normalized spacial score (nSPS) is 17.5. The van der Waals surface area contributed by atoms with E-state index in [1.807, 2.05) is 0 Å². The van der Waals surface area contributed by atoms with E-state index in [2.05, 4.69) is 35.6 Å². The Labute approximate surface area is 236 Å². The standard InChI is InChI=1S/C26H27F6N7O3/c27-25(28,29)22-10-7-17(13-34-22)12-33-19-8-5-16(6-9-19)11-35-23-20(39(40)41)15-37-24(38-23)36-14-18-3-1-2-4-21(18)42-26(30,31)32/h1-4,7,10,13,15-16,19,33H,5-6,8-9,11-12,14H2,(H2,35,36,37,38)/t16-,19-. The number of hydrogen-bond acceptors (Lipinski definition) is 9. The molecule has 3 N–H and O–H groups in total. The van der Waals surface area contributed by atoms with Gasteiger partial charge in [0.25, 0.3) is 0 Å². The van der Waals surface area contributed by atoms with Crippen molar-refractivity contribution in [3.8, 4) is 5.75 Å². The highest BCUT2D eigenvalue weighted by atomic mass is 19.4. The number of rotatable bonds is 11. The predicted molar refractivity (Wildman–Crippen MR) is 139 cm³/mol. The van der Waals surface area contributed by atoms with Gasteiger partial charge in [-0.25, -0.2) is 4.98 Å². The lowest BCUT2D eigenvalue weighted by atomic mass is 9.86. The Bertz CT molecular complexity index is 1350. The largest absolute Gasteiger partial charge is 0.573 e. The average Bonchev–Trinajstić information content (AvgIpc) is 2.94. The number of anilines is 2. The van der Waals surface area contributed by atoms with Crippen LogP contribution >= 0.6 is 0 Å². The van der Waals surface area contributed by atoms with Gasteiger partial charge in [-0.3, -0.25) is 15.1 Å². The Hall–Kier alpha value is -4.21. The summed E-state index contributed by atoms with van der Waals surface area (Å²) < 4.78 is 80.2. The number of aromatic nitrogens is 3. The topological polar surface area (TPSA) is 127 Å². The SMILES string of the molecule is O=[N+]([O-])c1cnc(NCc2ccccc2OC(F)(F)F)nc1NC[C@H]1CC[C@H](NCc2ccc(C(F)(F)F)nc2)CC1. The lowest BCUT2D eigenvalue weighted by Gasteiger charge is -2.29. The molecular weight excluding hydrogens is 572 g/mol. The first kappa shape index (κ1) is 30.7. The van der Waals surface area contributed by atoms with Gasteiger partial charge in [-0.2, -0.15) is 18.2 Å². The summed E-state index contributed by atoms with van der Waals surface area (Å²) in [6, 6.07) is 8.06. The van der Waals surface area contributed by atoms with E-state index < -0.39 is 23.2 Å². The Morgan fingerprint density at radius 1 is 0.929 bits per heavy atom. The maximum absolute atomic E-state index is 12.7. The molecule has 16 heteroatoms. The Balaban J connectivity index is 1.28. The van der Waals surface area contributed by atoms with Gasteiger partial charge in [-0.15, -0.1) is 13.2 Å². The molecule has 0 unspecified atom stereocenters. The van der Waals surface area contributed by atoms with E-state index in [4.69, 9.17) is 0 Å². The minimum atomic E-state index is -4.87. The summed E-state index contributed by atoms with van der Waals surface area (Å²) in [5, 5.41) is 20.6. The van der Waals surface area contributed by atoms with Crippen LogP contribution in [0.25, 0.3) is 0 Å². The van der Waals surface area contributed by atoms with Gasteiger partial charge in [-0.05, 0) is 49.3 Å². The molecule has 2 aromatic heterocycles. The molecule has 0 amide bonds. The summed E-state index contributed by atoms with van der Waals surface area (Å²) in [5.74, 6) is -0.241. The maximum Gasteiger partial charge on any atom is 0.573 e. The summed E-state index contributed by atoms with van der Waals surface area (Å²) >= 11 is 0. The van der Waals surface area contributed by atoms with E-state index >= 15 is 0 Å². The fourth-order valence-corrected chi connectivity index (χ4v) is 4.54. The van der Waals surface area contributed by atoms with Crippen LogP contribution in [0.4, 0.5) is 43.8 Å². The van der Waals surface area contributed by atoms with Gasteiger partial charge >= 0.3 is 18.2 Å². The lowest BCUT2D eigenvalue weighted by Crippen LogP contribution is -2.34. The van der Waals surface area contributed by atoms with E-state index in [0.29, 0.717) is 18.7 Å². The molecule has 226 valence electrons. The van der Waals surface area contributed by atoms with Crippen molar-refractivity contribution in [2.75, 3.05) is 17.2 Å². The number of pyridine rings is 1. The molecular formula is C26H27F6N7O3. The van der Waals surface area contributed by atoms with E-state index in [1.165, 1.54) is 30.5 Å². The van der Waals surface area contributed by atoms with E-state index in [0.717, 1.165) is 37.9 Å². The van der Waals surface area contributed by atoms with Gasteiger partial charge in [0.05, 0.1) is 4.92 Å². The zero-order valence-corrected chi connectivity index (χ0v) is 22.0. The quantitative estimate of drug-likeness (QED) is 0.137. The molecule has 0 bridgehead atoms. The molecule has 1 saturated carbocycles. The second-order valence-electron chi connectivity index (χ2n) is 9.72. The zero-order chi connectivity index (χ0) is 30.3. The maximum atomic E-state index is 12.7. The van der Waals surface area contributed by atoms with Crippen molar-refractivity contribution in [3.05, 3.63) is 75.7 Å². The fourth-order valence-electron chi connectivity index (χ4n) is 4.54. The van der Waals surface area contributed by atoms with Crippen LogP contribution in [0.3, 0.4) is 0 Å². The summed E-state index contributed by atoms with van der Waals surface area (Å²) in [5.41, 5.74) is -0.455. The van der Waals surface area contributed by atoms with E-state index in [9.17, 15) is 36.5 Å². The van der Waals surface area contributed by atoms with Crippen molar-refractivity contribution in [2.45, 2.75) is 57.4 Å². The van der Waals surface area contributed by atoms with Crippen LogP contribution in [0, 0.1) is 16.0 Å². The van der Waals surface area contributed by atoms with Gasteiger partial charge in [-0.1, -0.05) is 24.3 Å². The molecule has 10 nitrogen and oxygen atoms in total.